The summed E-state index contributed by atoms with van der Waals surface area (Å²) in [5, 5.41) is 14.7. The molecular weight excluding hydrogens is 266 g/mol. The van der Waals surface area contributed by atoms with E-state index in [1.165, 1.54) is 5.69 Å². The van der Waals surface area contributed by atoms with Gasteiger partial charge >= 0.3 is 6.03 Å². The Morgan fingerprint density at radius 2 is 1.90 bits per heavy atom. The summed E-state index contributed by atoms with van der Waals surface area (Å²) in [5.41, 5.74) is 2.31. The Hall–Kier alpha value is -1.75. The number of anilines is 1. The van der Waals surface area contributed by atoms with E-state index in [-0.39, 0.29) is 6.03 Å². The third kappa shape index (κ3) is 4.63. The van der Waals surface area contributed by atoms with Gasteiger partial charge in [0.05, 0.1) is 0 Å². The van der Waals surface area contributed by atoms with Crippen molar-refractivity contribution in [2.75, 3.05) is 31.1 Å². The van der Waals surface area contributed by atoms with Crippen molar-refractivity contribution >= 4 is 11.7 Å². The van der Waals surface area contributed by atoms with Crippen LogP contribution >= 0.6 is 0 Å². The molecule has 0 atom stereocenters. The Balaban J connectivity index is 1.83. The Labute approximate surface area is 126 Å². The predicted octanol–water partition coefficient (Wildman–Crippen LogP) is 1.71. The van der Waals surface area contributed by atoms with Crippen LogP contribution in [0.4, 0.5) is 10.5 Å². The van der Waals surface area contributed by atoms with Gasteiger partial charge in [-0.2, -0.15) is 0 Å². The lowest BCUT2D eigenvalue weighted by Crippen LogP contribution is -2.35. The molecule has 1 fully saturated rings. The van der Waals surface area contributed by atoms with Crippen molar-refractivity contribution in [2.24, 2.45) is 5.92 Å². The normalized spacial score (nSPS) is 15.8. The number of carbonyl (C=O) groups excluding carboxylic acids is 1. The van der Waals surface area contributed by atoms with Crippen LogP contribution in [0, 0.1) is 5.92 Å². The van der Waals surface area contributed by atoms with Crippen molar-refractivity contribution in [3.63, 3.8) is 0 Å². The van der Waals surface area contributed by atoms with Crippen molar-refractivity contribution in [1.29, 1.82) is 0 Å². The third-order valence-electron chi connectivity index (χ3n) is 3.96. The first-order valence-electron chi connectivity index (χ1n) is 7.69. The van der Waals surface area contributed by atoms with E-state index in [9.17, 15) is 4.79 Å². The average Bonchev–Trinajstić information content (AvgIpc) is 2.54. The number of urea groups is 1. The second kappa shape index (κ2) is 7.88. The minimum absolute atomic E-state index is 0.132. The number of hydrogen-bond acceptors (Lipinski definition) is 3. The van der Waals surface area contributed by atoms with Crippen LogP contribution in [0.25, 0.3) is 0 Å². The van der Waals surface area contributed by atoms with Gasteiger partial charge in [-0.1, -0.05) is 12.1 Å². The number of hydrogen-bond donors (Lipinski definition) is 3. The summed E-state index contributed by atoms with van der Waals surface area (Å²) in [7, 11) is 0. The molecule has 2 rings (SSSR count). The van der Waals surface area contributed by atoms with Crippen molar-refractivity contribution < 1.29 is 9.90 Å². The lowest BCUT2D eigenvalue weighted by Gasteiger charge is -2.33. The molecular formula is C16H25N3O2. The highest BCUT2D eigenvalue weighted by Gasteiger charge is 2.18. The van der Waals surface area contributed by atoms with Crippen LogP contribution in [0.3, 0.4) is 0 Å². The van der Waals surface area contributed by atoms with Crippen molar-refractivity contribution in [3.8, 4) is 0 Å². The van der Waals surface area contributed by atoms with Gasteiger partial charge in [0, 0.05) is 38.5 Å². The average molecular weight is 291 g/mol. The fourth-order valence-electron chi connectivity index (χ4n) is 2.60. The molecule has 116 valence electrons. The molecule has 2 amide bonds. The minimum Gasteiger partial charge on any atom is -0.396 e. The van der Waals surface area contributed by atoms with Crippen LogP contribution in [-0.2, 0) is 6.54 Å². The number of nitrogens with zero attached hydrogens (tertiary/aromatic N) is 1. The van der Waals surface area contributed by atoms with Crippen molar-refractivity contribution in [2.45, 2.75) is 26.3 Å². The summed E-state index contributed by atoms with van der Waals surface area (Å²) in [6, 6.07) is 8.19. The number of carbonyl (C=O) groups is 1. The topological polar surface area (TPSA) is 64.6 Å². The molecule has 0 bridgehead atoms. The molecule has 1 aliphatic heterocycles. The number of aliphatic hydroxyl groups excluding tert-OH is 1. The Morgan fingerprint density at radius 1 is 1.24 bits per heavy atom. The van der Waals surface area contributed by atoms with Crippen LogP contribution in [0.2, 0.25) is 0 Å². The summed E-state index contributed by atoms with van der Waals surface area (Å²) in [4.78, 5) is 13.7. The molecule has 0 aromatic heterocycles. The minimum atomic E-state index is -0.132. The summed E-state index contributed by atoms with van der Waals surface area (Å²) < 4.78 is 0. The van der Waals surface area contributed by atoms with Crippen LogP contribution in [0.1, 0.15) is 25.3 Å². The maximum Gasteiger partial charge on any atom is 0.315 e. The number of amides is 2. The molecule has 1 heterocycles. The molecule has 1 aromatic rings. The molecule has 0 radical (unpaired) electrons. The van der Waals surface area contributed by atoms with Crippen LogP contribution in [-0.4, -0.2) is 37.4 Å². The van der Waals surface area contributed by atoms with Gasteiger partial charge in [0.25, 0.3) is 0 Å². The van der Waals surface area contributed by atoms with E-state index < -0.39 is 0 Å². The zero-order valence-corrected chi connectivity index (χ0v) is 12.6. The SMILES string of the molecule is CCNC(=O)NCc1ccc(N2CCC(CO)CC2)cc1. The number of aliphatic hydroxyl groups is 1. The molecule has 0 aliphatic carbocycles. The standard InChI is InChI=1S/C16H25N3O2/c1-2-17-16(21)18-11-13-3-5-15(6-4-13)19-9-7-14(12-20)8-10-19/h3-6,14,20H,2,7-12H2,1H3,(H2,17,18,21). The molecule has 0 unspecified atom stereocenters. The van der Waals surface area contributed by atoms with E-state index in [1.807, 2.05) is 6.92 Å². The number of rotatable bonds is 5. The third-order valence-corrected chi connectivity index (χ3v) is 3.96. The van der Waals surface area contributed by atoms with Gasteiger partial charge in [0.1, 0.15) is 0 Å². The second-order valence-electron chi connectivity index (χ2n) is 5.49. The lowest BCUT2D eigenvalue weighted by atomic mass is 9.97. The van der Waals surface area contributed by atoms with E-state index in [1.54, 1.807) is 0 Å². The van der Waals surface area contributed by atoms with Crippen LogP contribution in [0.15, 0.2) is 24.3 Å². The second-order valence-corrected chi connectivity index (χ2v) is 5.49. The van der Waals surface area contributed by atoms with Gasteiger partial charge in [0.2, 0.25) is 0 Å². The highest BCUT2D eigenvalue weighted by Crippen LogP contribution is 2.23. The van der Waals surface area contributed by atoms with E-state index >= 15 is 0 Å². The summed E-state index contributed by atoms with van der Waals surface area (Å²) in [6.07, 6.45) is 2.11. The van der Waals surface area contributed by atoms with Gasteiger partial charge in [0.15, 0.2) is 0 Å². The number of piperidine rings is 1. The van der Waals surface area contributed by atoms with Gasteiger partial charge < -0.3 is 20.6 Å². The molecule has 1 aliphatic rings. The smallest absolute Gasteiger partial charge is 0.315 e. The monoisotopic (exact) mass is 291 g/mol. The van der Waals surface area contributed by atoms with Crippen LogP contribution < -0.4 is 15.5 Å². The molecule has 3 N–H and O–H groups in total. The Kier molecular flexibility index (Phi) is 5.87. The first kappa shape index (κ1) is 15.6. The fraction of sp³-hybridized carbons (Fsp3) is 0.562. The number of benzene rings is 1. The van der Waals surface area contributed by atoms with Gasteiger partial charge in [-0.05, 0) is 43.4 Å². The number of nitrogens with one attached hydrogen (secondary N) is 2. The van der Waals surface area contributed by atoms with Crippen LogP contribution in [0.5, 0.6) is 0 Å². The zero-order valence-electron chi connectivity index (χ0n) is 12.6. The first-order chi connectivity index (χ1) is 10.2. The highest BCUT2D eigenvalue weighted by atomic mass is 16.3. The zero-order chi connectivity index (χ0) is 15.1. The lowest BCUT2D eigenvalue weighted by molar-refractivity contribution is 0.203. The molecule has 5 heteroatoms. The highest BCUT2D eigenvalue weighted by molar-refractivity contribution is 5.73. The Bertz CT molecular complexity index is 439. The maximum atomic E-state index is 11.3. The van der Waals surface area contributed by atoms with Gasteiger partial charge in [-0.3, -0.25) is 0 Å². The Morgan fingerprint density at radius 3 is 2.48 bits per heavy atom. The van der Waals surface area contributed by atoms with E-state index in [0.29, 0.717) is 25.6 Å². The molecule has 0 saturated carbocycles. The summed E-state index contributed by atoms with van der Waals surface area (Å²) in [6.45, 7) is 5.38. The van der Waals surface area contributed by atoms with Gasteiger partial charge in [-0.15, -0.1) is 0 Å². The van der Waals surface area contributed by atoms with Crippen molar-refractivity contribution in [3.05, 3.63) is 29.8 Å². The largest absolute Gasteiger partial charge is 0.396 e. The van der Waals surface area contributed by atoms with E-state index in [0.717, 1.165) is 31.5 Å². The first-order valence-corrected chi connectivity index (χ1v) is 7.69. The van der Waals surface area contributed by atoms with E-state index in [2.05, 4.69) is 39.8 Å². The molecule has 0 spiro atoms. The van der Waals surface area contributed by atoms with E-state index in [4.69, 9.17) is 5.11 Å². The maximum absolute atomic E-state index is 11.3. The summed E-state index contributed by atoms with van der Waals surface area (Å²) in [5.74, 6) is 0.460. The quantitative estimate of drug-likeness (QED) is 0.774. The van der Waals surface area contributed by atoms with Gasteiger partial charge in [-0.25, -0.2) is 4.79 Å². The molecule has 1 aromatic carbocycles. The molecule has 1 saturated heterocycles. The fourth-order valence-corrected chi connectivity index (χ4v) is 2.60. The summed E-state index contributed by atoms with van der Waals surface area (Å²) >= 11 is 0. The molecule has 21 heavy (non-hydrogen) atoms. The predicted molar refractivity (Wildman–Crippen MR) is 84.4 cm³/mol. The molecule has 5 nitrogen and oxygen atoms in total. The van der Waals surface area contributed by atoms with Crippen molar-refractivity contribution in [1.82, 2.24) is 10.6 Å².